The Hall–Kier alpha value is -2.14. The SMILES string of the molecule is Cc1nn(C)c2sc(C(=O)Oc3ccc(C4CCC4)cc3)cc12. The van der Waals surface area contributed by atoms with Gasteiger partial charge in [-0.25, -0.2) is 4.79 Å². The van der Waals surface area contributed by atoms with E-state index >= 15 is 0 Å². The third-order valence-corrected chi connectivity index (χ3v) is 5.75. The quantitative estimate of drug-likeness (QED) is 0.528. The molecular weight excluding hydrogens is 308 g/mol. The third-order valence-electron chi connectivity index (χ3n) is 4.56. The Labute approximate surface area is 138 Å². The molecule has 0 unspecified atom stereocenters. The van der Waals surface area contributed by atoms with Crippen molar-refractivity contribution in [2.45, 2.75) is 32.1 Å². The van der Waals surface area contributed by atoms with Crippen LogP contribution in [0.4, 0.5) is 0 Å². The summed E-state index contributed by atoms with van der Waals surface area (Å²) in [7, 11) is 1.89. The van der Waals surface area contributed by atoms with Crippen LogP contribution in [0, 0.1) is 6.92 Å². The largest absolute Gasteiger partial charge is 0.422 e. The van der Waals surface area contributed by atoms with E-state index in [1.165, 1.54) is 36.2 Å². The van der Waals surface area contributed by atoms with E-state index in [0.717, 1.165) is 15.9 Å². The lowest BCUT2D eigenvalue weighted by Crippen LogP contribution is -2.09. The average molecular weight is 326 g/mol. The van der Waals surface area contributed by atoms with Crippen LogP contribution in [0.3, 0.4) is 0 Å². The molecule has 0 aliphatic heterocycles. The summed E-state index contributed by atoms with van der Waals surface area (Å²) in [5.41, 5.74) is 2.28. The van der Waals surface area contributed by atoms with Crippen LogP contribution in [-0.2, 0) is 7.05 Å². The summed E-state index contributed by atoms with van der Waals surface area (Å²) in [6.45, 7) is 1.95. The van der Waals surface area contributed by atoms with E-state index in [-0.39, 0.29) is 5.97 Å². The van der Waals surface area contributed by atoms with E-state index in [4.69, 9.17) is 4.74 Å². The number of fused-ring (bicyclic) bond motifs is 1. The molecule has 0 saturated heterocycles. The van der Waals surface area contributed by atoms with Gasteiger partial charge in [0.1, 0.15) is 15.5 Å². The third kappa shape index (κ3) is 2.55. The smallest absolute Gasteiger partial charge is 0.353 e. The van der Waals surface area contributed by atoms with Crippen molar-refractivity contribution in [3.63, 3.8) is 0 Å². The first kappa shape index (κ1) is 14.5. The van der Waals surface area contributed by atoms with Crippen LogP contribution < -0.4 is 4.74 Å². The molecule has 1 aliphatic carbocycles. The number of nitrogens with zero attached hydrogens (tertiary/aromatic N) is 2. The molecule has 2 aromatic heterocycles. The fourth-order valence-corrected chi connectivity index (χ4v) is 4.01. The summed E-state index contributed by atoms with van der Waals surface area (Å²) >= 11 is 1.42. The molecule has 1 aliphatic rings. The van der Waals surface area contributed by atoms with Gasteiger partial charge in [-0.1, -0.05) is 18.6 Å². The molecule has 0 spiro atoms. The highest BCUT2D eigenvalue weighted by molar-refractivity contribution is 7.20. The van der Waals surface area contributed by atoms with Crippen molar-refractivity contribution in [3.05, 3.63) is 46.5 Å². The first-order chi connectivity index (χ1) is 11.1. The van der Waals surface area contributed by atoms with Crippen LogP contribution in [0.5, 0.6) is 5.75 Å². The van der Waals surface area contributed by atoms with Gasteiger partial charge in [-0.05, 0) is 49.4 Å². The van der Waals surface area contributed by atoms with E-state index in [0.29, 0.717) is 16.5 Å². The Balaban J connectivity index is 1.52. The van der Waals surface area contributed by atoms with E-state index in [9.17, 15) is 4.79 Å². The maximum Gasteiger partial charge on any atom is 0.353 e. The Morgan fingerprint density at radius 3 is 2.65 bits per heavy atom. The van der Waals surface area contributed by atoms with Crippen LogP contribution in [0.25, 0.3) is 10.2 Å². The van der Waals surface area contributed by atoms with Gasteiger partial charge in [0.25, 0.3) is 0 Å². The Kier molecular flexibility index (Phi) is 3.45. The molecular formula is C18H18N2O2S. The van der Waals surface area contributed by atoms with Gasteiger partial charge in [-0.2, -0.15) is 5.10 Å². The van der Waals surface area contributed by atoms with E-state index in [2.05, 4.69) is 17.2 Å². The lowest BCUT2D eigenvalue weighted by atomic mass is 9.80. The number of rotatable bonds is 3. The fraction of sp³-hybridized carbons (Fsp3) is 0.333. The summed E-state index contributed by atoms with van der Waals surface area (Å²) in [5.74, 6) is 0.991. The topological polar surface area (TPSA) is 44.1 Å². The van der Waals surface area contributed by atoms with Gasteiger partial charge in [0.2, 0.25) is 0 Å². The number of hydrogen-bond donors (Lipinski definition) is 0. The maximum atomic E-state index is 12.3. The Bertz CT molecular complexity index is 838. The highest BCUT2D eigenvalue weighted by atomic mass is 32.1. The molecule has 0 radical (unpaired) electrons. The molecule has 1 aromatic carbocycles. The van der Waals surface area contributed by atoms with Gasteiger partial charge in [0.05, 0.1) is 5.69 Å². The van der Waals surface area contributed by atoms with Crippen molar-refractivity contribution in [1.82, 2.24) is 9.78 Å². The number of thiophene rings is 1. The van der Waals surface area contributed by atoms with Gasteiger partial charge < -0.3 is 4.74 Å². The number of ether oxygens (including phenoxy) is 1. The van der Waals surface area contributed by atoms with E-state index < -0.39 is 0 Å². The van der Waals surface area contributed by atoms with Crippen molar-refractivity contribution in [2.24, 2.45) is 7.05 Å². The summed E-state index contributed by atoms with van der Waals surface area (Å²) in [5, 5.41) is 5.37. The zero-order valence-corrected chi connectivity index (χ0v) is 14.0. The molecule has 1 saturated carbocycles. The molecule has 0 amide bonds. The normalized spacial score (nSPS) is 14.9. The van der Waals surface area contributed by atoms with Gasteiger partial charge in [-0.3, -0.25) is 4.68 Å². The number of carbonyl (C=O) groups is 1. The molecule has 118 valence electrons. The molecule has 0 N–H and O–H groups in total. The molecule has 5 heteroatoms. The predicted octanol–water partition coefficient (Wildman–Crippen LogP) is 4.43. The number of benzene rings is 1. The average Bonchev–Trinajstić information content (AvgIpc) is 3.02. The number of hydrogen-bond acceptors (Lipinski definition) is 4. The van der Waals surface area contributed by atoms with E-state index in [1.54, 1.807) is 4.68 Å². The summed E-state index contributed by atoms with van der Waals surface area (Å²) in [6, 6.07) is 9.81. The first-order valence-electron chi connectivity index (χ1n) is 7.87. The molecule has 23 heavy (non-hydrogen) atoms. The highest BCUT2D eigenvalue weighted by Gasteiger charge is 2.20. The van der Waals surface area contributed by atoms with Crippen molar-refractivity contribution >= 4 is 27.5 Å². The van der Waals surface area contributed by atoms with Gasteiger partial charge in [0.15, 0.2) is 0 Å². The first-order valence-corrected chi connectivity index (χ1v) is 8.69. The van der Waals surface area contributed by atoms with Crippen LogP contribution in [0.2, 0.25) is 0 Å². The van der Waals surface area contributed by atoms with Gasteiger partial charge in [-0.15, -0.1) is 11.3 Å². The second-order valence-corrected chi connectivity index (χ2v) is 7.16. The molecule has 2 heterocycles. The second-order valence-electron chi connectivity index (χ2n) is 6.12. The molecule has 0 atom stereocenters. The predicted molar refractivity (Wildman–Crippen MR) is 91.3 cm³/mol. The van der Waals surface area contributed by atoms with Crippen molar-refractivity contribution in [2.75, 3.05) is 0 Å². The minimum absolute atomic E-state index is 0.304. The lowest BCUT2D eigenvalue weighted by molar-refractivity contribution is 0.0740. The van der Waals surface area contributed by atoms with Gasteiger partial charge in [0, 0.05) is 12.4 Å². The molecule has 3 aromatic rings. The van der Waals surface area contributed by atoms with E-state index in [1.807, 2.05) is 32.2 Å². The van der Waals surface area contributed by atoms with Crippen LogP contribution in [0.15, 0.2) is 30.3 Å². The molecule has 4 nitrogen and oxygen atoms in total. The number of aromatic nitrogens is 2. The molecule has 0 bridgehead atoms. The van der Waals surface area contributed by atoms with Crippen LogP contribution in [0.1, 0.15) is 46.1 Å². The number of esters is 1. The minimum Gasteiger partial charge on any atom is -0.422 e. The van der Waals surface area contributed by atoms with Crippen LogP contribution in [-0.4, -0.2) is 15.7 Å². The van der Waals surface area contributed by atoms with Crippen molar-refractivity contribution < 1.29 is 9.53 Å². The summed E-state index contributed by atoms with van der Waals surface area (Å²) < 4.78 is 7.31. The standard InChI is InChI=1S/C18H18N2O2S/c1-11-15-10-16(23-17(15)20(2)19-11)18(21)22-14-8-6-13(7-9-14)12-4-3-5-12/h6-10,12H,3-5H2,1-2H3. The number of carbonyl (C=O) groups excluding carboxylic acids is 1. The lowest BCUT2D eigenvalue weighted by Gasteiger charge is -2.25. The van der Waals surface area contributed by atoms with Crippen molar-refractivity contribution in [3.8, 4) is 5.75 Å². The van der Waals surface area contributed by atoms with Gasteiger partial charge >= 0.3 is 5.97 Å². The molecule has 1 fully saturated rings. The second kappa shape index (κ2) is 5.49. The number of aryl methyl sites for hydroxylation is 2. The highest BCUT2D eigenvalue weighted by Crippen LogP contribution is 2.37. The maximum absolute atomic E-state index is 12.3. The zero-order valence-electron chi connectivity index (χ0n) is 13.2. The summed E-state index contributed by atoms with van der Waals surface area (Å²) in [6.07, 6.45) is 3.87. The minimum atomic E-state index is -0.304. The zero-order chi connectivity index (χ0) is 16.0. The molecule has 4 rings (SSSR count). The van der Waals surface area contributed by atoms with Crippen LogP contribution >= 0.6 is 11.3 Å². The van der Waals surface area contributed by atoms with Crippen molar-refractivity contribution in [1.29, 1.82) is 0 Å². The Morgan fingerprint density at radius 1 is 1.30 bits per heavy atom. The summed E-state index contributed by atoms with van der Waals surface area (Å²) in [4.78, 5) is 14.0. The Morgan fingerprint density at radius 2 is 2.04 bits per heavy atom. The fourth-order valence-electron chi connectivity index (χ4n) is 3.01. The monoisotopic (exact) mass is 326 g/mol.